The Morgan fingerprint density at radius 2 is 2.00 bits per heavy atom. The highest BCUT2D eigenvalue weighted by Gasteiger charge is 2.28. The molecule has 2 aromatic heterocycles. The minimum atomic E-state index is -3.49. The third-order valence-corrected chi connectivity index (χ3v) is 7.71. The molecular formula is C18H17ClN2O4S2. The number of thiophene rings is 1. The molecule has 1 aromatic carbocycles. The van der Waals surface area contributed by atoms with Crippen LogP contribution in [0, 0.1) is 0 Å². The summed E-state index contributed by atoms with van der Waals surface area (Å²) in [6, 6.07) is 10.0. The summed E-state index contributed by atoms with van der Waals surface area (Å²) in [5.74, 6) is 0.0757. The van der Waals surface area contributed by atoms with Gasteiger partial charge in [0.15, 0.2) is 5.76 Å². The van der Waals surface area contributed by atoms with Gasteiger partial charge in [-0.3, -0.25) is 4.79 Å². The van der Waals surface area contributed by atoms with Crippen molar-refractivity contribution in [1.82, 2.24) is 9.62 Å². The van der Waals surface area contributed by atoms with Crippen LogP contribution in [0.1, 0.15) is 23.4 Å². The fourth-order valence-electron chi connectivity index (χ4n) is 3.17. The number of furan rings is 1. The van der Waals surface area contributed by atoms with Crippen molar-refractivity contribution in [2.24, 2.45) is 0 Å². The quantitative estimate of drug-likeness (QED) is 0.692. The number of piperidine rings is 1. The lowest BCUT2D eigenvalue weighted by Crippen LogP contribution is -2.46. The van der Waals surface area contributed by atoms with Crippen LogP contribution in [0.25, 0.3) is 11.0 Å². The molecule has 1 N–H and O–H groups in total. The predicted octanol–water partition coefficient (Wildman–Crippen LogP) is 3.73. The lowest BCUT2D eigenvalue weighted by atomic mass is 10.1. The first kappa shape index (κ1) is 18.5. The van der Waals surface area contributed by atoms with Crippen molar-refractivity contribution >= 4 is 49.8 Å². The molecule has 1 fully saturated rings. The van der Waals surface area contributed by atoms with Crippen molar-refractivity contribution < 1.29 is 17.6 Å². The molecule has 3 aromatic rings. The average molecular weight is 425 g/mol. The molecule has 0 aliphatic carbocycles. The van der Waals surface area contributed by atoms with E-state index in [1.54, 1.807) is 46.7 Å². The van der Waals surface area contributed by atoms with Crippen LogP contribution in [0.2, 0.25) is 5.02 Å². The first-order valence-corrected chi connectivity index (χ1v) is 11.2. The zero-order valence-corrected chi connectivity index (χ0v) is 16.6. The van der Waals surface area contributed by atoms with Gasteiger partial charge >= 0.3 is 0 Å². The number of likely N-dealkylation sites (tertiary alicyclic amines) is 1. The summed E-state index contributed by atoms with van der Waals surface area (Å²) in [7, 11) is -3.49. The van der Waals surface area contributed by atoms with E-state index < -0.39 is 10.0 Å². The summed E-state index contributed by atoms with van der Waals surface area (Å²) >= 11 is 7.16. The van der Waals surface area contributed by atoms with Gasteiger partial charge < -0.3 is 9.32 Å². The predicted molar refractivity (Wildman–Crippen MR) is 105 cm³/mol. The number of nitrogens with zero attached hydrogens (tertiary/aromatic N) is 1. The normalized spacial score (nSPS) is 16.1. The van der Waals surface area contributed by atoms with E-state index in [0.717, 1.165) is 5.39 Å². The third kappa shape index (κ3) is 3.89. The number of sulfonamides is 1. The Balaban J connectivity index is 1.40. The second kappa shape index (κ2) is 7.27. The minimum absolute atomic E-state index is 0.185. The maximum absolute atomic E-state index is 12.7. The van der Waals surface area contributed by atoms with Crippen LogP contribution < -0.4 is 4.72 Å². The zero-order chi connectivity index (χ0) is 19.0. The van der Waals surface area contributed by atoms with Crippen LogP contribution in [-0.4, -0.2) is 38.4 Å². The second-order valence-electron chi connectivity index (χ2n) is 6.41. The van der Waals surface area contributed by atoms with Gasteiger partial charge in [0, 0.05) is 29.5 Å². The molecule has 0 bridgehead atoms. The van der Waals surface area contributed by atoms with Crippen molar-refractivity contribution in [2.45, 2.75) is 23.1 Å². The highest BCUT2D eigenvalue weighted by Crippen LogP contribution is 2.25. The molecule has 0 radical (unpaired) electrons. The van der Waals surface area contributed by atoms with Crippen molar-refractivity contribution in [3.63, 3.8) is 0 Å². The lowest BCUT2D eigenvalue weighted by molar-refractivity contribution is 0.0681. The summed E-state index contributed by atoms with van der Waals surface area (Å²) in [5, 5.41) is 3.10. The van der Waals surface area contributed by atoms with Crippen molar-refractivity contribution in [3.05, 3.63) is 52.6 Å². The molecule has 27 heavy (non-hydrogen) atoms. The Hall–Kier alpha value is -1.87. The standard InChI is InChI=1S/C18H17ClN2O4S2/c19-13-3-4-15-12(10-13)11-16(25-15)18(22)21-7-5-14(6-8-21)20-27(23,24)17-2-1-9-26-17/h1-4,9-11,14,20H,5-8H2. The number of fused-ring (bicyclic) bond motifs is 1. The maximum atomic E-state index is 12.7. The van der Waals surface area contributed by atoms with Gasteiger partial charge in [0.2, 0.25) is 10.0 Å². The largest absolute Gasteiger partial charge is 0.451 e. The molecule has 0 atom stereocenters. The molecule has 9 heteroatoms. The number of carbonyl (C=O) groups excluding carboxylic acids is 1. The number of amides is 1. The number of hydrogen-bond acceptors (Lipinski definition) is 5. The smallest absolute Gasteiger partial charge is 0.289 e. The lowest BCUT2D eigenvalue weighted by Gasteiger charge is -2.31. The number of halogens is 1. The Labute approximate surface area is 165 Å². The zero-order valence-electron chi connectivity index (χ0n) is 14.2. The molecule has 1 saturated heterocycles. The molecule has 0 spiro atoms. The highest BCUT2D eigenvalue weighted by molar-refractivity contribution is 7.91. The molecule has 1 amide bonds. The maximum Gasteiger partial charge on any atom is 0.289 e. The van der Waals surface area contributed by atoms with Crippen molar-refractivity contribution in [2.75, 3.05) is 13.1 Å². The van der Waals surface area contributed by atoms with E-state index in [0.29, 0.717) is 40.7 Å². The van der Waals surface area contributed by atoms with E-state index >= 15 is 0 Å². The monoisotopic (exact) mass is 424 g/mol. The van der Waals surface area contributed by atoms with Crippen LogP contribution in [0.5, 0.6) is 0 Å². The van der Waals surface area contributed by atoms with Gasteiger partial charge in [0.1, 0.15) is 9.79 Å². The van der Waals surface area contributed by atoms with Crippen LogP contribution in [-0.2, 0) is 10.0 Å². The molecule has 6 nitrogen and oxygen atoms in total. The molecule has 1 aliphatic heterocycles. The van der Waals surface area contributed by atoms with E-state index in [4.69, 9.17) is 16.0 Å². The molecule has 0 saturated carbocycles. The van der Waals surface area contributed by atoms with E-state index in [9.17, 15) is 13.2 Å². The van der Waals surface area contributed by atoms with E-state index in [1.807, 2.05) is 0 Å². The van der Waals surface area contributed by atoms with E-state index in [-0.39, 0.29) is 17.7 Å². The average Bonchev–Trinajstić information content (AvgIpc) is 3.31. The van der Waals surface area contributed by atoms with Crippen LogP contribution >= 0.6 is 22.9 Å². The summed E-state index contributed by atoms with van der Waals surface area (Å²) in [6.07, 6.45) is 1.12. The van der Waals surface area contributed by atoms with Gasteiger partial charge in [-0.25, -0.2) is 13.1 Å². The van der Waals surface area contributed by atoms with E-state index in [1.165, 1.54) is 11.3 Å². The van der Waals surface area contributed by atoms with Gasteiger partial charge in [0.25, 0.3) is 5.91 Å². The first-order valence-electron chi connectivity index (χ1n) is 8.46. The first-order chi connectivity index (χ1) is 12.9. The second-order valence-corrected chi connectivity index (χ2v) is 9.74. The van der Waals surface area contributed by atoms with Gasteiger partial charge in [-0.1, -0.05) is 17.7 Å². The van der Waals surface area contributed by atoms with Gasteiger partial charge in [-0.15, -0.1) is 11.3 Å². The van der Waals surface area contributed by atoms with Crippen molar-refractivity contribution in [1.29, 1.82) is 0 Å². The number of nitrogens with one attached hydrogen (secondary N) is 1. The number of benzene rings is 1. The molecule has 142 valence electrons. The number of rotatable bonds is 4. The van der Waals surface area contributed by atoms with Gasteiger partial charge in [-0.05, 0) is 48.6 Å². The molecule has 1 aliphatic rings. The Kier molecular flexibility index (Phi) is 4.98. The number of hydrogen-bond donors (Lipinski definition) is 1. The Bertz CT molecular complexity index is 1070. The highest BCUT2D eigenvalue weighted by atomic mass is 35.5. The third-order valence-electron chi connectivity index (χ3n) is 4.55. The Morgan fingerprint density at radius 1 is 1.22 bits per heavy atom. The molecule has 4 rings (SSSR count). The van der Waals surface area contributed by atoms with Gasteiger partial charge in [0.05, 0.1) is 0 Å². The summed E-state index contributed by atoms with van der Waals surface area (Å²) < 4.78 is 33.3. The Morgan fingerprint density at radius 3 is 2.70 bits per heavy atom. The van der Waals surface area contributed by atoms with Crippen molar-refractivity contribution in [3.8, 4) is 0 Å². The topological polar surface area (TPSA) is 79.6 Å². The SMILES string of the molecule is O=C(c1cc2cc(Cl)ccc2o1)N1CCC(NS(=O)(=O)c2cccs2)CC1. The van der Waals surface area contributed by atoms with Crippen LogP contribution in [0.15, 0.2) is 50.4 Å². The van der Waals surface area contributed by atoms with Gasteiger partial charge in [-0.2, -0.15) is 0 Å². The fraction of sp³-hybridized carbons (Fsp3) is 0.278. The van der Waals surface area contributed by atoms with Crippen LogP contribution in [0.3, 0.4) is 0 Å². The molecule has 0 unspecified atom stereocenters. The summed E-state index contributed by atoms with van der Waals surface area (Å²) in [5.41, 5.74) is 0.612. The van der Waals surface area contributed by atoms with E-state index in [2.05, 4.69) is 4.72 Å². The fourth-order valence-corrected chi connectivity index (χ4v) is 5.66. The number of carbonyl (C=O) groups is 1. The minimum Gasteiger partial charge on any atom is -0.451 e. The molecule has 3 heterocycles. The van der Waals surface area contributed by atoms with Crippen LogP contribution in [0.4, 0.5) is 0 Å². The summed E-state index contributed by atoms with van der Waals surface area (Å²) in [4.78, 5) is 14.4. The molecular weight excluding hydrogens is 408 g/mol. The summed E-state index contributed by atoms with van der Waals surface area (Å²) in [6.45, 7) is 0.933.